The molecule has 2 N–H and O–H groups in total. The summed E-state index contributed by atoms with van der Waals surface area (Å²) in [4.78, 5) is 30.1. The molecular formula is C34H37N5O4. The molecular weight excluding hydrogens is 542 g/mol. The molecule has 0 radical (unpaired) electrons. The summed E-state index contributed by atoms with van der Waals surface area (Å²) in [5.41, 5.74) is 9.23. The average Bonchev–Trinajstić information content (AvgIpc) is 3.61. The number of benzene rings is 2. The third-order valence-electron chi connectivity index (χ3n) is 8.80. The largest absolute Gasteiger partial charge is 0.465 e. The Hall–Kier alpha value is -4.66. The first-order chi connectivity index (χ1) is 20.8. The Kier molecular flexibility index (Phi) is 7.88. The maximum Gasteiger partial charge on any atom is 0.407 e. The van der Waals surface area contributed by atoms with E-state index in [4.69, 9.17) is 9.72 Å². The van der Waals surface area contributed by atoms with Crippen molar-refractivity contribution in [2.45, 2.75) is 58.4 Å². The van der Waals surface area contributed by atoms with Crippen molar-refractivity contribution in [3.63, 3.8) is 0 Å². The van der Waals surface area contributed by atoms with Crippen LogP contribution in [0.15, 0.2) is 60.8 Å². The number of esters is 1. The van der Waals surface area contributed by atoms with E-state index in [1.165, 1.54) is 33.4 Å². The van der Waals surface area contributed by atoms with E-state index in [1.54, 1.807) is 11.6 Å². The molecule has 0 saturated carbocycles. The summed E-state index contributed by atoms with van der Waals surface area (Å²) in [5.74, 6) is 0.641. The lowest BCUT2D eigenvalue weighted by Gasteiger charge is -2.30. The van der Waals surface area contributed by atoms with Crippen molar-refractivity contribution in [1.82, 2.24) is 19.7 Å². The number of anilines is 1. The minimum absolute atomic E-state index is 0.141. The van der Waals surface area contributed by atoms with Crippen LogP contribution in [0.3, 0.4) is 0 Å². The number of likely N-dealkylation sites (tertiary alicyclic amines) is 1. The van der Waals surface area contributed by atoms with Crippen LogP contribution in [0.1, 0.15) is 76.5 Å². The second-order valence-electron chi connectivity index (χ2n) is 11.4. The minimum atomic E-state index is -0.827. The van der Waals surface area contributed by atoms with E-state index in [0.717, 1.165) is 42.6 Å². The summed E-state index contributed by atoms with van der Waals surface area (Å²) in [6.07, 6.45) is 4.39. The zero-order valence-electron chi connectivity index (χ0n) is 24.8. The Labute approximate surface area is 251 Å². The van der Waals surface area contributed by atoms with Gasteiger partial charge >= 0.3 is 12.1 Å². The Morgan fingerprint density at radius 3 is 2.58 bits per heavy atom. The number of fused-ring (bicyclic) bond motifs is 1. The van der Waals surface area contributed by atoms with E-state index in [2.05, 4.69) is 53.7 Å². The lowest BCUT2D eigenvalue weighted by atomic mass is 9.88. The summed E-state index contributed by atoms with van der Waals surface area (Å²) in [6.45, 7) is 7.26. The van der Waals surface area contributed by atoms with Crippen molar-refractivity contribution in [1.29, 1.82) is 0 Å². The number of carbonyl (C=O) groups excluding carboxylic acids is 1. The predicted molar refractivity (Wildman–Crippen MR) is 165 cm³/mol. The highest BCUT2D eigenvalue weighted by Crippen LogP contribution is 2.41. The lowest BCUT2D eigenvalue weighted by molar-refractivity contribution is 0.0525. The topological polar surface area (TPSA) is 110 Å². The molecule has 9 nitrogen and oxygen atoms in total. The number of hydrogen-bond donors (Lipinski definition) is 2. The summed E-state index contributed by atoms with van der Waals surface area (Å²) < 4.78 is 6.86. The van der Waals surface area contributed by atoms with Gasteiger partial charge in [0.05, 0.1) is 30.2 Å². The second kappa shape index (κ2) is 11.9. The predicted octanol–water partition coefficient (Wildman–Crippen LogP) is 6.68. The molecule has 4 aromatic rings. The number of pyridine rings is 1. The third kappa shape index (κ3) is 5.59. The van der Waals surface area contributed by atoms with Gasteiger partial charge in [-0.15, -0.1) is 0 Å². The maximum atomic E-state index is 12.3. The number of aryl methyl sites for hydroxylation is 2. The molecule has 1 fully saturated rings. The molecule has 9 heteroatoms. The number of ether oxygens (including phenoxy) is 1. The molecule has 0 bridgehead atoms. The van der Waals surface area contributed by atoms with Crippen LogP contribution in [0.2, 0.25) is 0 Å². The van der Waals surface area contributed by atoms with Gasteiger partial charge in [0, 0.05) is 24.3 Å². The standard InChI is InChI=1S/C34H37N5O4/c1-4-43-33(40)27-20-35-39(22(27)3)31-10-6-9-29(37-31)26-8-5-7-24-11-14-30(32(24)26)36-28-13-12-25(19-21(28)2)23-15-17-38(18-16-23)34(41)42/h5-10,12-13,19-20,23,30,36H,4,11,14-18H2,1-3H3,(H,41,42). The van der Waals surface area contributed by atoms with Crippen molar-refractivity contribution in [3.8, 4) is 17.1 Å². The zero-order chi connectivity index (χ0) is 30.1. The van der Waals surface area contributed by atoms with Crippen LogP contribution in [0.25, 0.3) is 17.1 Å². The van der Waals surface area contributed by atoms with Crippen molar-refractivity contribution in [2.75, 3.05) is 25.0 Å². The van der Waals surface area contributed by atoms with Crippen LogP contribution in [0, 0.1) is 13.8 Å². The van der Waals surface area contributed by atoms with Crippen LogP contribution in [0.5, 0.6) is 0 Å². The van der Waals surface area contributed by atoms with Gasteiger partial charge in [-0.3, -0.25) is 0 Å². The van der Waals surface area contributed by atoms with Gasteiger partial charge in [-0.1, -0.05) is 36.4 Å². The number of carboxylic acid groups (broad SMARTS) is 1. The number of amides is 1. The van der Waals surface area contributed by atoms with E-state index < -0.39 is 6.09 Å². The van der Waals surface area contributed by atoms with Gasteiger partial charge in [0.15, 0.2) is 5.82 Å². The highest BCUT2D eigenvalue weighted by atomic mass is 16.5. The number of hydrogen-bond acceptors (Lipinski definition) is 6. The number of rotatable bonds is 7. The molecule has 1 atom stereocenters. The van der Waals surface area contributed by atoms with Crippen molar-refractivity contribution in [2.24, 2.45) is 0 Å². The van der Waals surface area contributed by atoms with Crippen LogP contribution >= 0.6 is 0 Å². The van der Waals surface area contributed by atoms with Crippen LogP contribution in [-0.4, -0.2) is 56.5 Å². The average molecular weight is 580 g/mol. The summed E-state index contributed by atoms with van der Waals surface area (Å²) >= 11 is 0. The Balaban J connectivity index is 1.24. The molecule has 3 heterocycles. The van der Waals surface area contributed by atoms with Gasteiger partial charge in [0.25, 0.3) is 0 Å². The van der Waals surface area contributed by atoms with Gasteiger partial charge in [-0.25, -0.2) is 19.3 Å². The Bertz CT molecular complexity index is 1670. The molecule has 222 valence electrons. The molecule has 2 aromatic carbocycles. The Morgan fingerprint density at radius 1 is 1.05 bits per heavy atom. The summed E-state index contributed by atoms with van der Waals surface area (Å²) in [6, 6.07) is 19.1. The minimum Gasteiger partial charge on any atom is -0.465 e. The molecule has 6 rings (SSSR count). The maximum absolute atomic E-state index is 12.3. The monoisotopic (exact) mass is 579 g/mol. The van der Waals surface area contributed by atoms with E-state index in [-0.39, 0.29) is 12.0 Å². The molecule has 2 aromatic heterocycles. The molecule has 1 saturated heterocycles. The number of piperidine rings is 1. The third-order valence-corrected chi connectivity index (χ3v) is 8.80. The van der Waals surface area contributed by atoms with Gasteiger partial charge in [-0.2, -0.15) is 5.10 Å². The van der Waals surface area contributed by atoms with E-state index in [0.29, 0.717) is 42.7 Å². The van der Waals surface area contributed by atoms with Gasteiger partial charge in [0.1, 0.15) is 5.56 Å². The quantitative estimate of drug-likeness (QED) is 0.235. The van der Waals surface area contributed by atoms with Crippen LogP contribution in [0.4, 0.5) is 10.5 Å². The molecule has 43 heavy (non-hydrogen) atoms. The van der Waals surface area contributed by atoms with Crippen LogP contribution < -0.4 is 5.32 Å². The lowest BCUT2D eigenvalue weighted by Crippen LogP contribution is -2.36. The normalized spacial score (nSPS) is 16.6. The summed E-state index contributed by atoms with van der Waals surface area (Å²) in [5, 5.41) is 17.5. The van der Waals surface area contributed by atoms with Crippen molar-refractivity contribution in [3.05, 3.63) is 94.3 Å². The summed E-state index contributed by atoms with van der Waals surface area (Å²) in [7, 11) is 0. The van der Waals surface area contributed by atoms with Gasteiger partial charge in [0.2, 0.25) is 0 Å². The molecule has 2 aliphatic rings. The smallest absolute Gasteiger partial charge is 0.407 e. The molecule has 0 spiro atoms. The molecule has 1 amide bonds. The molecule has 1 aliphatic carbocycles. The first kappa shape index (κ1) is 28.5. The fraction of sp³-hybridized carbons (Fsp3) is 0.353. The van der Waals surface area contributed by atoms with Gasteiger partial charge < -0.3 is 20.1 Å². The van der Waals surface area contributed by atoms with Crippen LogP contribution in [-0.2, 0) is 11.2 Å². The first-order valence-electron chi connectivity index (χ1n) is 15.0. The van der Waals surface area contributed by atoms with E-state index in [9.17, 15) is 14.7 Å². The Morgan fingerprint density at radius 2 is 1.84 bits per heavy atom. The van der Waals surface area contributed by atoms with Crippen molar-refractivity contribution >= 4 is 17.7 Å². The number of carbonyl (C=O) groups is 2. The zero-order valence-corrected chi connectivity index (χ0v) is 24.8. The molecule has 1 unspecified atom stereocenters. The SMILES string of the molecule is CCOC(=O)c1cnn(-c2cccc(-c3cccc4c3C(Nc3ccc(C5CCN(C(=O)O)CC5)cc3C)CC4)n2)c1C. The fourth-order valence-corrected chi connectivity index (χ4v) is 6.49. The number of nitrogens with one attached hydrogen (secondary N) is 1. The van der Waals surface area contributed by atoms with E-state index in [1.807, 2.05) is 25.1 Å². The fourth-order valence-electron chi connectivity index (χ4n) is 6.49. The number of nitrogens with zero attached hydrogens (tertiary/aromatic N) is 4. The highest BCUT2D eigenvalue weighted by Gasteiger charge is 2.28. The molecule has 1 aliphatic heterocycles. The highest BCUT2D eigenvalue weighted by molar-refractivity contribution is 5.90. The number of aromatic nitrogens is 3. The van der Waals surface area contributed by atoms with E-state index >= 15 is 0 Å². The first-order valence-corrected chi connectivity index (χ1v) is 15.0. The van der Waals surface area contributed by atoms with Gasteiger partial charge in [-0.05, 0) is 92.8 Å². The van der Waals surface area contributed by atoms with Crippen molar-refractivity contribution < 1.29 is 19.4 Å². The second-order valence-corrected chi connectivity index (χ2v) is 11.4.